The molecule has 0 unspecified atom stereocenters. The molecule has 1 fully saturated rings. The molecule has 1 aromatic heterocycles. The number of nitro groups is 1. The molecule has 1 saturated heterocycles. The minimum Gasteiger partial charge on any atom is -0.467 e. The van der Waals surface area contributed by atoms with Crippen molar-refractivity contribution in [3.8, 4) is 0 Å². The van der Waals surface area contributed by atoms with Crippen LogP contribution in [0.25, 0.3) is 6.08 Å². The number of benzene rings is 1. The third-order valence-corrected chi connectivity index (χ3v) is 4.82. The maximum absolute atomic E-state index is 12.4. The van der Waals surface area contributed by atoms with E-state index in [1.165, 1.54) is 22.7 Å². The second-order valence-electron chi connectivity index (χ2n) is 5.04. The minimum atomic E-state index is -0.442. The summed E-state index contributed by atoms with van der Waals surface area (Å²) >= 11 is 6.43. The number of furan rings is 1. The van der Waals surface area contributed by atoms with Gasteiger partial charge in [-0.05, 0) is 30.4 Å². The zero-order valence-electron chi connectivity index (χ0n) is 12.8. The molecule has 0 aliphatic carbocycles. The van der Waals surface area contributed by atoms with Gasteiger partial charge in [0, 0.05) is 6.07 Å². The molecule has 0 radical (unpaired) electrons. The average molecular weight is 372 g/mol. The Labute approximate surface area is 153 Å². The normalized spacial score (nSPS) is 16.3. The molecule has 2 aromatic rings. The average Bonchev–Trinajstić information content (AvgIpc) is 3.19. The number of amides is 1. The van der Waals surface area contributed by atoms with Crippen molar-refractivity contribution in [1.29, 1.82) is 0 Å². The summed E-state index contributed by atoms with van der Waals surface area (Å²) in [5.74, 6) is 0.437. The largest absolute Gasteiger partial charge is 0.467 e. The van der Waals surface area contributed by atoms with Crippen molar-refractivity contribution in [2.45, 2.75) is 6.54 Å². The highest BCUT2D eigenvalue weighted by molar-refractivity contribution is 8.26. The van der Waals surface area contributed by atoms with Crippen LogP contribution in [-0.2, 0) is 11.3 Å². The standard InChI is InChI=1S/C17H12N2O4S2/c20-16-15(25-17(24)18(16)11-13-7-4-10-23-13)9-3-6-12-5-1-2-8-14(12)19(21)22/h1-10H,11H2. The summed E-state index contributed by atoms with van der Waals surface area (Å²) in [6.45, 7) is 0.281. The first kappa shape index (κ1) is 17.1. The first-order valence-corrected chi connectivity index (χ1v) is 8.46. The first-order valence-electron chi connectivity index (χ1n) is 7.24. The van der Waals surface area contributed by atoms with E-state index in [0.717, 1.165) is 0 Å². The van der Waals surface area contributed by atoms with E-state index in [4.69, 9.17) is 16.6 Å². The number of nitrogens with zero attached hydrogens (tertiary/aromatic N) is 2. The monoisotopic (exact) mass is 372 g/mol. The molecule has 8 heteroatoms. The Hall–Kier alpha value is -2.71. The Balaban J connectivity index is 1.75. The number of carbonyl (C=O) groups is 1. The van der Waals surface area contributed by atoms with Crippen LogP contribution in [0.4, 0.5) is 5.69 Å². The smallest absolute Gasteiger partial charge is 0.276 e. The van der Waals surface area contributed by atoms with Gasteiger partial charge in [-0.25, -0.2) is 0 Å². The van der Waals surface area contributed by atoms with Gasteiger partial charge >= 0.3 is 0 Å². The van der Waals surface area contributed by atoms with Crippen LogP contribution in [0.5, 0.6) is 0 Å². The van der Waals surface area contributed by atoms with Crippen LogP contribution in [0.2, 0.25) is 0 Å². The quantitative estimate of drug-likeness (QED) is 0.340. The van der Waals surface area contributed by atoms with E-state index in [2.05, 4.69) is 0 Å². The van der Waals surface area contributed by atoms with Gasteiger partial charge in [0.25, 0.3) is 11.6 Å². The molecule has 0 N–H and O–H groups in total. The summed E-state index contributed by atoms with van der Waals surface area (Å²) < 4.78 is 5.69. The number of allylic oxidation sites excluding steroid dienone is 2. The third kappa shape index (κ3) is 3.86. The maximum Gasteiger partial charge on any atom is 0.276 e. The first-order chi connectivity index (χ1) is 12.1. The fraction of sp³-hybridized carbons (Fsp3) is 0.0588. The highest BCUT2D eigenvalue weighted by Gasteiger charge is 2.32. The van der Waals surface area contributed by atoms with Gasteiger partial charge in [-0.1, -0.05) is 42.2 Å². The van der Waals surface area contributed by atoms with Gasteiger partial charge in [-0.15, -0.1) is 0 Å². The Morgan fingerprint density at radius 1 is 1.28 bits per heavy atom. The van der Waals surface area contributed by atoms with E-state index in [1.807, 2.05) is 0 Å². The van der Waals surface area contributed by atoms with Gasteiger partial charge in [0.05, 0.1) is 28.2 Å². The molecule has 0 bridgehead atoms. The highest BCUT2D eigenvalue weighted by atomic mass is 32.2. The van der Waals surface area contributed by atoms with Crippen molar-refractivity contribution < 1.29 is 14.1 Å². The van der Waals surface area contributed by atoms with Crippen molar-refractivity contribution in [3.63, 3.8) is 0 Å². The molecular weight excluding hydrogens is 360 g/mol. The Bertz CT molecular complexity index is 888. The topological polar surface area (TPSA) is 76.6 Å². The number of thiocarbonyl (C=S) groups is 1. The molecule has 2 heterocycles. The SMILES string of the molecule is O=C1C(=CC=Cc2ccccc2[N+](=O)[O-])SC(=S)N1Cc1ccco1. The summed E-state index contributed by atoms with van der Waals surface area (Å²) in [7, 11) is 0. The van der Waals surface area contributed by atoms with Crippen LogP contribution in [0.1, 0.15) is 11.3 Å². The lowest BCUT2D eigenvalue weighted by molar-refractivity contribution is -0.385. The molecule has 1 amide bonds. The zero-order chi connectivity index (χ0) is 17.8. The predicted molar refractivity (Wildman–Crippen MR) is 99.7 cm³/mol. The van der Waals surface area contributed by atoms with E-state index < -0.39 is 4.92 Å². The van der Waals surface area contributed by atoms with Crippen molar-refractivity contribution in [1.82, 2.24) is 4.90 Å². The molecule has 126 valence electrons. The maximum atomic E-state index is 12.4. The van der Waals surface area contributed by atoms with Gasteiger partial charge in [0.15, 0.2) is 0 Å². The van der Waals surface area contributed by atoms with Crippen LogP contribution >= 0.6 is 24.0 Å². The van der Waals surface area contributed by atoms with E-state index in [1.54, 1.807) is 54.8 Å². The molecular formula is C17H12N2O4S2. The number of thioether (sulfide) groups is 1. The lowest BCUT2D eigenvalue weighted by atomic mass is 10.1. The van der Waals surface area contributed by atoms with Crippen molar-refractivity contribution in [2.24, 2.45) is 0 Å². The van der Waals surface area contributed by atoms with E-state index in [-0.39, 0.29) is 18.1 Å². The summed E-state index contributed by atoms with van der Waals surface area (Å²) in [4.78, 5) is 24.9. The lowest BCUT2D eigenvalue weighted by Gasteiger charge is -2.11. The zero-order valence-corrected chi connectivity index (χ0v) is 14.5. The number of nitro benzene ring substituents is 1. The van der Waals surface area contributed by atoms with Gasteiger partial charge in [0.1, 0.15) is 10.1 Å². The van der Waals surface area contributed by atoms with Crippen LogP contribution in [0, 0.1) is 10.1 Å². The van der Waals surface area contributed by atoms with E-state index >= 15 is 0 Å². The van der Waals surface area contributed by atoms with Crippen LogP contribution in [0.15, 0.2) is 64.1 Å². The minimum absolute atomic E-state index is 0.0116. The van der Waals surface area contributed by atoms with Gasteiger partial charge < -0.3 is 4.42 Å². The molecule has 6 nitrogen and oxygen atoms in total. The van der Waals surface area contributed by atoms with Gasteiger partial charge in [0.2, 0.25) is 0 Å². The van der Waals surface area contributed by atoms with Crippen molar-refractivity contribution in [2.75, 3.05) is 0 Å². The van der Waals surface area contributed by atoms with Crippen molar-refractivity contribution >= 4 is 46.0 Å². The molecule has 25 heavy (non-hydrogen) atoms. The third-order valence-electron chi connectivity index (χ3n) is 3.42. The molecule has 1 aromatic carbocycles. The number of rotatable bonds is 5. The van der Waals surface area contributed by atoms with Gasteiger partial charge in [-0.3, -0.25) is 19.8 Å². The number of para-hydroxylation sites is 1. The second kappa shape index (κ2) is 7.45. The Morgan fingerprint density at radius 3 is 2.80 bits per heavy atom. The number of hydrogen-bond donors (Lipinski definition) is 0. The van der Waals surface area contributed by atoms with E-state index in [9.17, 15) is 14.9 Å². The van der Waals surface area contributed by atoms with Crippen molar-refractivity contribution in [3.05, 3.63) is 81.2 Å². The molecule has 1 aliphatic rings. The van der Waals surface area contributed by atoms with Crippen LogP contribution in [0.3, 0.4) is 0 Å². The van der Waals surface area contributed by atoms with Gasteiger partial charge in [-0.2, -0.15) is 0 Å². The molecule has 1 aliphatic heterocycles. The Morgan fingerprint density at radius 2 is 2.08 bits per heavy atom. The highest BCUT2D eigenvalue weighted by Crippen LogP contribution is 2.32. The fourth-order valence-corrected chi connectivity index (χ4v) is 3.45. The van der Waals surface area contributed by atoms with Crippen LogP contribution < -0.4 is 0 Å². The van der Waals surface area contributed by atoms with E-state index in [0.29, 0.717) is 20.5 Å². The molecule has 0 atom stereocenters. The Kier molecular flexibility index (Phi) is 5.11. The number of carbonyl (C=O) groups excluding carboxylic acids is 1. The van der Waals surface area contributed by atoms with Crippen LogP contribution in [-0.4, -0.2) is 20.1 Å². The summed E-state index contributed by atoms with van der Waals surface area (Å²) in [5.41, 5.74) is 0.479. The second-order valence-corrected chi connectivity index (χ2v) is 6.72. The molecule has 3 rings (SSSR count). The summed E-state index contributed by atoms with van der Waals surface area (Å²) in [6, 6.07) is 9.92. The lowest BCUT2D eigenvalue weighted by Crippen LogP contribution is -2.27. The fourth-order valence-electron chi connectivity index (χ4n) is 2.24. The number of hydrogen-bond acceptors (Lipinski definition) is 6. The summed E-state index contributed by atoms with van der Waals surface area (Å²) in [5, 5.41) is 11.0. The predicted octanol–water partition coefficient (Wildman–Crippen LogP) is 4.15. The molecule has 0 spiro atoms. The summed E-state index contributed by atoms with van der Waals surface area (Å²) in [6.07, 6.45) is 6.36. The molecule has 0 saturated carbocycles.